The second kappa shape index (κ2) is 9.56. The van der Waals surface area contributed by atoms with Gasteiger partial charge in [-0.25, -0.2) is 9.18 Å². The summed E-state index contributed by atoms with van der Waals surface area (Å²) in [5.74, 6) is -2.50. The van der Waals surface area contributed by atoms with Crippen molar-refractivity contribution in [2.75, 3.05) is 0 Å². The van der Waals surface area contributed by atoms with Crippen LogP contribution in [-0.2, 0) is 17.6 Å². The molecule has 0 radical (unpaired) electrons. The number of alkyl halides is 3. The van der Waals surface area contributed by atoms with Gasteiger partial charge in [-0.3, -0.25) is 4.79 Å². The van der Waals surface area contributed by atoms with Crippen molar-refractivity contribution < 1.29 is 37.0 Å². The second-order valence-corrected chi connectivity index (χ2v) is 9.38. The van der Waals surface area contributed by atoms with Crippen molar-refractivity contribution in [3.05, 3.63) is 76.6 Å². The molecule has 0 aliphatic carbocycles. The van der Waals surface area contributed by atoms with Crippen molar-refractivity contribution in [3.8, 4) is 5.75 Å². The summed E-state index contributed by atoms with van der Waals surface area (Å²) in [6.07, 6.45) is -4.48. The highest BCUT2D eigenvalue weighted by Gasteiger charge is 2.34. The van der Waals surface area contributed by atoms with E-state index >= 15 is 0 Å². The number of hydrogen-bond donors (Lipinski definition) is 2. The molecule has 5 nitrogen and oxygen atoms in total. The van der Waals surface area contributed by atoms with Gasteiger partial charge < -0.3 is 15.2 Å². The predicted octanol–water partition coefficient (Wildman–Crippen LogP) is 6.11. The zero-order valence-electron chi connectivity index (χ0n) is 19.6. The van der Waals surface area contributed by atoms with E-state index in [1.54, 1.807) is 33.8 Å². The molecule has 1 atom stereocenters. The zero-order valence-corrected chi connectivity index (χ0v) is 19.6. The molecule has 186 valence electrons. The number of carbonyl (C=O) groups is 2. The van der Waals surface area contributed by atoms with Crippen molar-refractivity contribution in [2.24, 2.45) is 5.41 Å². The third-order valence-electron chi connectivity index (χ3n) is 5.48. The van der Waals surface area contributed by atoms with Crippen LogP contribution >= 0.6 is 0 Å². The molecule has 3 aromatic carbocycles. The maximum absolute atomic E-state index is 14.6. The van der Waals surface area contributed by atoms with Crippen LogP contribution in [0.4, 0.5) is 17.6 Å². The van der Waals surface area contributed by atoms with Gasteiger partial charge in [-0.1, -0.05) is 39.0 Å². The zero-order chi connectivity index (χ0) is 26.1. The molecule has 0 fully saturated rings. The maximum atomic E-state index is 14.6. The topological polar surface area (TPSA) is 75.6 Å². The summed E-state index contributed by atoms with van der Waals surface area (Å²) >= 11 is 0. The third-order valence-corrected chi connectivity index (χ3v) is 5.48. The molecule has 0 heterocycles. The molecule has 0 aliphatic heterocycles. The van der Waals surface area contributed by atoms with Crippen LogP contribution in [0.5, 0.6) is 5.75 Å². The monoisotopic (exact) mass is 491 g/mol. The number of nitrogens with one attached hydrogen (secondary N) is 1. The Bertz CT molecular complexity index is 1260. The van der Waals surface area contributed by atoms with Gasteiger partial charge >= 0.3 is 12.1 Å². The summed E-state index contributed by atoms with van der Waals surface area (Å²) < 4.78 is 59.0. The fourth-order valence-corrected chi connectivity index (χ4v) is 3.64. The second-order valence-electron chi connectivity index (χ2n) is 9.38. The van der Waals surface area contributed by atoms with Gasteiger partial charge in [-0.2, -0.15) is 13.2 Å². The van der Waals surface area contributed by atoms with Gasteiger partial charge in [0.2, 0.25) is 0 Å². The van der Waals surface area contributed by atoms with Crippen LogP contribution < -0.4 is 10.1 Å². The van der Waals surface area contributed by atoms with Gasteiger partial charge in [0.05, 0.1) is 11.1 Å². The van der Waals surface area contributed by atoms with Crippen molar-refractivity contribution in [1.29, 1.82) is 0 Å². The first kappa shape index (κ1) is 26.0. The predicted molar refractivity (Wildman–Crippen MR) is 123 cm³/mol. The molecule has 3 aromatic rings. The number of aliphatic carboxylic acids is 1. The van der Waals surface area contributed by atoms with Crippen LogP contribution in [-0.4, -0.2) is 23.0 Å². The number of benzene rings is 3. The van der Waals surface area contributed by atoms with Crippen LogP contribution in [0.15, 0.2) is 48.5 Å². The number of amides is 1. The highest BCUT2D eigenvalue weighted by Crippen LogP contribution is 2.34. The normalized spacial score (nSPS) is 12.9. The first-order valence-corrected chi connectivity index (χ1v) is 10.7. The average Bonchev–Trinajstić information content (AvgIpc) is 2.74. The van der Waals surface area contributed by atoms with Gasteiger partial charge in [0, 0.05) is 10.8 Å². The number of aryl methyl sites for hydroxylation is 1. The van der Waals surface area contributed by atoms with E-state index in [4.69, 9.17) is 4.74 Å². The standard InChI is InChI=1S/C26H25F4NO4/c1-14-11-19-17(20(27)12-14)9-10-18(23(32)31-22(24(33)34)25(2,3)4)21(19)35-13-15-5-7-16(8-6-15)26(28,29)30/h5-12,22H,13H2,1-4H3,(H,31,32)(H,33,34). The molecule has 0 spiro atoms. The van der Waals surface area contributed by atoms with E-state index in [-0.39, 0.29) is 28.7 Å². The number of hydrogen-bond acceptors (Lipinski definition) is 3. The van der Waals surface area contributed by atoms with Gasteiger partial charge in [0.1, 0.15) is 24.2 Å². The van der Waals surface area contributed by atoms with Crippen molar-refractivity contribution in [2.45, 2.75) is 46.5 Å². The van der Waals surface area contributed by atoms with E-state index < -0.39 is 40.9 Å². The molecule has 0 saturated carbocycles. The molecule has 0 saturated heterocycles. The maximum Gasteiger partial charge on any atom is 0.416 e. The molecule has 3 rings (SSSR count). The third kappa shape index (κ3) is 5.90. The Kier molecular flexibility index (Phi) is 7.10. The molecule has 0 aromatic heterocycles. The summed E-state index contributed by atoms with van der Waals surface area (Å²) in [6, 6.07) is 8.79. The Morgan fingerprint density at radius 3 is 2.17 bits per heavy atom. The van der Waals surface area contributed by atoms with Gasteiger partial charge in [0.25, 0.3) is 5.91 Å². The van der Waals surface area contributed by atoms with Gasteiger partial charge in [-0.15, -0.1) is 0 Å². The number of rotatable bonds is 6. The van der Waals surface area contributed by atoms with E-state index in [9.17, 15) is 32.3 Å². The fraction of sp³-hybridized carbons (Fsp3) is 0.308. The molecule has 35 heavy (non-hydrogen) atoms. The molecular weight excluding hydrogens is 466 g/mol. The van der Waals surface area contributed by atoms with E-state index in [2.05, 4.69) is 5.32 Å². The Balaban J connectivity index is 2.03. The van der Waals surface area contributed by atoms with Crippen molar-refractivity contribution in [3.63, 3.8) is 0 Å². The largest absolute Gasteiger partial charge is 0.487 e. The molecule has 2 N–H and O–H groups in total. The van der Waals surface area contributed by atoms with E-state index in [1.807, 2.05) is 0 Å². The van der Waals surface area contributed by atoms with E-state index in [0.717, 1.165) is 12.1 Å². The SMILES string of the molecule is Cc1cc(F)c2ccc(C(=O)NC(C(=O)O)C(C)(C)C)c(OCc3ccc(C(F)(F)F)cc3)c2c1. The number of halogens is 4. The minimum atomic E-state index is -4.48. The summed E-state index contributed by atoms with van der Waals surface area (Å²) in [4.78, 5) is 24.9. The molecule has 0 bridgehead atoms. The lowest BCUT2D eigenvalue weighted by atomic mass is 9.86. The summed E-state index contributed by atoms with van der Waals surface area (Å²) in [5.41, 5.74) is -0.684. The Labute approximate surface area is 199 Å². The Hall–Kier alpha value is -3.62. The number of ether oxygens (including phenoxy) is 1. The Morgan fingerprint density at radius 2 is 1.63 bits per heavy atom. The molecule has 1 amide bonds. The minimum absolute atomic E-state index is 0.000505. The van der Waals surface area contributed by atoms with Crippen LogP contribution in [0.2, 0.25) is 0 Å². The summed E-state index contributed by atoms with van der Waals surface area (Å²) in [7, 11) is 0. The number of carbonyl (C=O) groups excluding carboxylic acids is 1. The Morgan fingerprint density at radius 1 is 1.00 bits per heavy atom. The quantitative estimate of drug-likeness (QED) is 0.408. The highest BCUT2D eigenvalue weighted by molar-refractivity contribution is 6.05. The smallest absolute Gasteiger partial charge is 0.416 e. The molecule has 1 unspecified atom stereocenters. The number of carboxylic acid groups (broad SMARTS) is 1. The van der Waals surface area contributed by atoms with Crippen molar-refractivity contribution in [1.82, 2.24) is 5.32 Å². The number of fused-ring (bicyclic) bond motifs is 1. The van der Waals surface area contributed by atoms with E-state index in [0.29, 0.717) is 11.1 Å². The van der Waals surface area contributed by atoms with Gasteiger partial charge in [0.15, 0.2) is 0 Å². The van der Waals surface area contributed by atoms with Crippen LogP contribution in [0.3, 0.4) is 0 Å². The average molecular weight is 491 g/mol. The fourth-order valence-electron chi connectivity index (χ4n) is 3.64. The summed E-state index contributed by atoms with van der Waals surface area (Å²) in [5, 5.41) is 12.5. The summed E-state index contributed by atoms with van der Waals surface area (Å²) in [6.45, 7) is 6.44. The molecule has 9 heteroatoms. The lowest BCUT2D eigenvalue weighted by Gasteiger charge is -2.28. The van der Waals surface area contributed by atoms with Gasteiger partial charge in [-0.05, 0) is 53.8 Å². The minimum Gasteiger partial charge on any atom is -0.487 e. The lowest BCUT2D eigenvalue weighted by Crippen LogP contribution is -2.49. The molecular formula is C26H25F4NO4. The molecule has 0 aliphatic rings. The van der Waals surface area contributed by atoms with Crippen molar-refractivity contribution >= 4 is 22.6 Å². The van der Waals surface area contributed by atoms with E-state index in [1.165, 1.54) is 30.3 Å². The lowest BCUT2D eigenvalue weighted by molar-refractivity contribution is -0.142. The number of carboxylic acids is 1. The first-order valence-electron chi connectivity index (χ1n) is 10.7. The first-order chi connectivity index (χ1) is 16.2. The van der Waals surface area contributed by atoms with Crippen LogP contribution in [0, 0.1) is 18.2 Å². The van der Waals surface area contributed by atoms with Crippen LogP contribution in [0.1, 0.15) is 47.8 Å². The van der Waals surface area contributed by atoms with Crippen LogP contribution in [0.25, 0.3) is 10.8 Å². The highest BCUT2D eigenvalue weighted by atomic mass is 19.4.